The van der Waals surface area contributed by atoms with Crippen molar-refractivity contribution in [2.75, 3.05) is 32.4 Å². The lowest BCUT2D eigenvalue weighted by molar-refractivity contribution is -0.113. The van der Waals surface area contributed by atoms with Gasteiger partial charge in [0.25, 0.3) is 0 Å². The van der Waals surface area contributed by atoms with Crippen LogP contribution in [0.2, 0.25) is 0 Å². The van der Waals surface area contributed by atoms with E-state index in [0.717, 1.165) is 5.56 Å². The molecule has 0 bridgehead atoms. The molecule has 0 unspecified atom stereocenters. The van der Waals surface area contributed by atoms with Crippen molar-refractivity contribution in [1.82, 2.24) is 10.2 Å². The predicted molar refractivity (Wildman–Crippen MR) is 113 cm³/mol. The van der Waals surface area contributed by atoms with Crippen LogP contribution in [0.1, 0.15) is 0 Å². The summed E-state index contributed by atoms with van der Waals surface area (Å²) in [6, 6.07) is 16.4. The number of hydrogen-bond acceptors (Lipinski definition) is 7. The molecule has 0 spiro atoms. The Morgan fingerprint density at radius 1 is 0.931 bits per heavy atom. The third-order valence-electron chi connectivity index (χ3n) is 4.03. The summed E-state index contributed by atoms with van der Waals surface area (Å²) in [5.74, 6) is 2.15. The number of hydrogen-bond donors (Lipinski definition) is 1. The van der Waals surface area contributed by atoms with Crippen molar-refractivity contribution >= 4 is 23.4 Å². The summed E-state index contributed by atoms with van der Waals surface area (Å²) < 4.78 is 15.8. The standard InChI is InChI=1S/C21H21N3O4S/c1-26-15-6-4-5-14(11-15)22-20(25)13-29-21-10-8-18(23-24-21)17-12-16(27-2)7-9-19(17)28-3/h4-12H,13H2,1-3H3,(H,22,25). The van der Waals surface area contributed by atoms with E-state index in [4.69, 9.17) is 14.2 Å². The van der Waals surface area contributed by atoms with Crippen LogP contribution in [0.3, 0.4) is 0 Å². The summed E-state index contributed by atoms with van der Waals surface area (Å²) in [6.45, 7) is 0. The van der Waals surface area contributed by atoms with Gasteiger partial charge >= 0.3 is 0 Å². The molecule has 1 amide bonds. The van der Waals surface area contributed by atoms with Gasteiger partial charge in [-0.3, -0.25) is 4.79 Å². The van der Waals surface area contributed by atoms with E-state index in [-0.39, 0.29) is 11.7 Å². The zero-order chi connectivity index (χ0) is 20.6. The van der Waals surface area contributed by atoms with E-state index < -0.39 is 0 Å². The van der Waals surface area contributed by atoms with Crippen LogP contribution in [0.15, 0.2) is 59.6 Å². The van der Waals surface area contributed by atoms with E-state index in [2.05, 4.69) is 15.5 Å². The van der Waals surface area contributed by atoms with Crippen LogP contribution < -0.4 is 19.5 Å². The first-order valence-electron chi connectivity index (χ1n) is 8.75. The Labute approximate surface area is 173 Å². The molecule has 7 nitrogen and oxygen atoms in total. The van der Waals surface area contributed by atoms with E-state index in [0.29, 0.717) is 33.7 Å². The number of anilines is 1. The number of rotatable bonds is 8. The Bertz CT molecular complexity index is 980. The summed E-state index contributed by atoms with van der Waals surface area (Å²) >= 11 is 1.31. The van der Waals surface area contributed by atoms with Crippen molar-refractivity contribution in [1.29, 1.82) is 0 Å². The number of methoxy groups -OCH3 is 3. The molecular weight excluding hydrogens is 390 g/mol. The first-order chi connectivity index (χ1) is 14.1. The van der Waals surface area contributed by atoms with Crippen LogP contribution in [-0.2, 0) is 4.79 Å². The normalized spacial score (nSPS) is 10.3. The Hall–Kier alpha value is -3.26. The maximum Gasteiger partial charge on any atom is 0.234 e. The molecule has 2 aromatic carbocycles. The molecule has 3 aromatic rings. The number of amides is 1. The zero-order valence-electron chi connectivity index (χ0n) is 16.3. The number of thioether (sulfide) groups is 1. The van der Waals surface area contributed by atoms with Gasteiger partial charge in [-0.1, -0.05) is 17.8 Å². The van der Waals surface area contributed by atoms with Gasteiger partial charge in [0.05, 0.1) is 32.8 Å². The summed E-state index contributed by atoms with van der Waals surface area (Å²) in [5.41, 5.74) is 2.12. The number of carbonyl (C=O) groups excluding carboxylic acids is 1. The van der Waals surface area contributed by atoms with E-state index in [1.54, 1.807) is 33.5 Å². The van der Waals surface area contributed by atoms with E-state index in [9.17, 15) is 4.79 Å². The van der Waals surface area contributed by atoms with Crippen LogP contribution in [0.4, 0.5) is 5.69 Å². The third-order valence-corrected chi connectivity index (χ3v) is 4.95. The van der Waals surface area contributed by atoms with Gasteiger partial charge in [0.15, 0.2) is 0 Å². The molecule has 0 radical (unpaired) electrons. The number of ether oxygens (including phenoxy) is 3. The molecule has 3 rings (SSSR count). The van der Waals surface area contributed by atoms with Crippen LogP contribution in [0.5, 0.6) is 17.2 Å². The first kappa shape index (κ1) is 20.5. The minimum Gasteiger partial charge on any atom is -0.497 e. The molecular formula is C21H21N3O4S. The second kappa shape index (κ2) is 9.79. The lowest BCUT2D eigenvalue weighted by Gasteiger charge is -2.10. The second-order valence-corrected chi connectivity index (χ2v) is 6.89. The highest BCUT2D eigenvalue weighted by Crippen LogP contribution is 2.32. The maximum atomic E-state index is 12.2. The number of benzene rings is 2. The molecule has 0 fully saturated rings. The fourth-order valence-corrected chi connectivity index (χ4v) is 3.21. The number of aromatic nitrogens is 2. The number of nitrogens with zero attached hydrogens (tertiary/aromatic N) is 2. The third kappa shape index (κ3) is 5.39. The van der Waals surface area contributed by atoms with E-state index in [1.165, 1.54) is 11.8 Å². The zero-order valence-corrected chi connectivity index (χ0v) is 17.2. The van der Waals surface area contributed by atoms with Crippen LogP contribution >= 0.6 is 11.8 Å². The van der Waals surface area contributed by atoms with Crippen molar-refractivity contribution in [2.24, 2.45) is 0 Å². The summed E-state index contributed by atoms with van der Waals surface area (Å²) in [6.07, 6.45) is 0. The minimum absolute atomic E-state index is 0.136. The van der Waals surface area contributed by atoms with E-state index in [1.807, 2.05) is 42.5 Å². The molecule has 0 atom stereocenters. The molecule has 0 aliphatic carbocycles. The highest BCUT2D eigenvalue weighted by Gasteiger charge is 2.11. The van der Waals surface area contributed by atoms with Crippen molar-refractivity contribution in [3.63, 3.8) is 0 Å². The SMILES string of the molecule is COc1cccc(NC(=O)CSc2ccc(-c3cc(OC)ccc3OC)nn2)c1. The van der Waals surface area contributed by atoms with Gasteiger partial charge in [0.2, 0.25) is 5.91 Å². The van der Waals surface area contributed by atoms with Crippen LogP contribution in [-0.4, -0.2) is 43.2 Å². The molecule has 29 heavy (non-hydrogen) atoms. The highest BCUT2D eigenvalue weighted by atomic mass is 32.2. The summed E-state index contributed by atoms with van der Waals surface area (Å²) in [5, 5.41) is 12.0. The molecule has 150 valence electrons. The largest absolute Gasteiger partial charge is 0.497 e. The smallest absolute Gasteiger partial charge is 0.234 e. The first-order valence-corrected chi connectivity index (χ1v) is 9.74. The fraction of sp³-hybridized carbons (Fsp3) is 0.190. The molecule has 1 aromatic heterocycles. The van der Waals surface area contributed by atoms with Crippen molar-refractivity contribution in [3.8, 4) is 28.5 Å². The summed E-state index contributed by atoms with van der Waals surface area (Å²) in [4.78, 5) is 12.2. The maximum absolute atomic E-state index is 12.2. The van der Waals surface area contributed by atoms with Gasteiger partial charge in [-0.15, -0.1) is 10.2 Å². The molecule has 0 aliphatic rings. The average Bonchev–Trinajstić information content (AvgIpc) is 2.77. The van der Waals surface area contributed by atoms with Crippen LogP contribution in [0.25, 0.3) is 11.3 Å². The highest BCUT2D eigenvalue weighted by molar-refractivity contribution is 7.99. The Morgan fingerprint density at radius 2 is 1.72 bits per heavy atom. The van der Waals surface area contributed by atoms with Gasteiger partial charge < -0.3 is 19.5 Å². The molecule has 0 saturated heterocycles. The lowest BCUT2D eigenvalue weighted by atomic mass is 10.1. The average molecular weight is 411 g/mol. The van der Waals surface area contributed by atoms with Crippen molar-refractivity contribution < 1.29 is 19.0 Å². The Balaban J connectivity index is 1.63. The van der Waals surface area contributed by atoms with Gasteiger partial charge in [0.1, 0.15) is 22.3 Å². The lowest BCUT2D eigenvalue weighted by Crippen LogP contribution is -2.14. The minimum atomic E-state index is -0.136. The Morgan fingerprint density at radius 3 is 2.41 bits per heavy atom. The second-order valence-electron chi connectivity index (χ2n) is 5.89. The molecule has 1 heterocycles. The van der Waals surface area contributed by atoms with Gasteiger partial charge in [0, 0.05) is 17.3 Å². The molecule has 8 heteroatoms. The predicted octanol–water partition coefficient (Wildman–Crippen LogP) is 3.90. The van der Waals surface area contributed by atoms with E-state index >= 15 is 0 Å². The number of carbonyl (C=O) groups is 1. The molecule has 1 N–H and O–H groups in total. The topological polar surface area (TPSA) is 82.6 Å². The molecule has 0 aliphatic heterocycles. The van der Waals surface area contributed by atoms with Crippen molar-refractivity contribution in [3.05, 3.63) is 54.6 Å². The van der Waals surface area contributed by atoms with Gasteiger partial charge in [-0.05, 0) is 42.5 Å². The van der Waals surface area contributed by atoms with Gasteiger partial charge in [-0.25, -0.2) is 0 Å². The summed E-state index contributed by atoms with van der Waals surface area (Å²) in [7, 11) is 4.79. The quantitative estimate of drug-likeness (QED) is 0.563. The van der Waals surface area contributed by atoms with Crippen molar-refractivity contribution in [2.45, 2.75) is 5.03 Å². The monoisotopic (exact) mass is 411 g/mol. The molecule has 0 saturated carbocycles. The van der Waals surface area contributed by atoms with Crippen LogP contribution in [0, 0.1) is 0 Å². The fourth-order valence-electron chi connectivity index (χ4n) is 2.59. The number of nitrogens with one attached hydrogen (secondary N) is 1. The Kier molecular flexibility index (Phi) is 6.91. The van der Waals surface area contributed by atoms with Gasteiger partial charge in [-0.2, -0.15) is 0 Å².